The molecule has 0 spiro atoms. The molecule has 0 aliphatic rings. The Labute approximate surface area is 209 Å². The van der Waals surface area contributed by atoms with E-state index in [0.717, 1.165) is 17.3 Å². The molecule has 0 bridgehead atoms. The summed E-state index contributed by atoms with van der Waals surface area (Å²) in [5, 5.41) is 11.4. The standard InChI is InChI=1S/C31H26BrOP/c32-34(26-15-4-1-5-16-26,27-17-6-2-7-18-27,28-19-8-3-9-20-28)24-25-14-10-11-21-29(25)30-22-12-13-23-31(30)33/h1-23,33H,24H2. The molecule has 0 aromatic heterocycles. The third-order valence-electron chi connectivity index (χ3n) is 6.56. The second-order valence-corrected chi connectivity index (χ2v) is 17.4. The molecule has 0 saturated heterocycles. The zero-order valence-electron chi connectivity index (χ0n) is 18.8. The first-order valence-corrected chi connectivity index (χ1v) is 15.8. The van der Waals surface area contributed by atoms with Crippen molar-refractivity contribution in [3.63, 3.8) is 0 Å². The SMILES string of the molecule is Oc1ccccc1-c1ccccc1CP(Br)(c1ccccc1)(c1ccccc1)c1ccccc1. The summed E-state index contributed by atoms with van der Waals surface area (Å²) in [6.45, 7) is 0. The molecule has 5 rings (SSSR count). The van der Waals surface area contributed by atoms with Gasteiger partial charge in [-0.2, -0.15) is 0 Å². The zero-order chi connectivity index (χ0) is 23.5. The molecule has 5 aromatic rings. The van der Waals surface area contributed by atoms with E-state index in [-0.39, 0.29) is 0 Å². The summed E-state index contributed by atoms with van der Waals surface area (Å²) in [7, 11) is 0. The first kappa shape index (κ1) is 22.6. The Kier molecular flexibility index (Phi) is 6.13. The molecule has 0 fully saturated rings. The van der Waals surface area contributed by atoms with Crippen LogP contribution in [0.3, 0.4) is 0 Å². The van der Waals surface area contributed by atoms with Crippen LogP contribution in [0, 0.1) is 0 Å². The van der Waals surface area contributed by atoms with Crippen LogP contribution in [-0.2, 0) is 6.16 Å². The Morgan fingerprint density at radius 1 is 0.471 bits per heavy atom. The fourth-order valence-corrected chi connectivity index (χ4v) is 12.6. The van der Waals surface area contributed by atoms with Crippen molar-refractivity contribution in [2.75, 3.05) is 0 Å². The van der Waals surface area contributed by atoms with Crippen LogP contribution in [-0.4, -0.2) is 5.11 Å². The van der Waals surface area contributed by atoms with E-state index >= 15 is 0 Å². The van der Waals surface area contributed by atoms with Crippen molar-refractivity contribution >= 4 is 36.7 Å². The van der Waals surface area contributed by atoms with Gasteiger partial charge in [0.05, 0.1) is 0 Å². The number of hydrogen-bond acceptors (Lipinski definition) is 1. The molecule has 0 radical (unpaired) electrons. The van der Waals surface area contributed by atoms with Gasteiger partial charge in [-0.3, -0.25) is 0 Å². The van der Waals surface area contributed by atoms with E-state index in [1.165, 1.54) is 21.5 Å². The van der Waals surface area contributed by atoms with E-state index in [0.29, 0.717) is 5.75 Å². The Balaban J connectivity index is 1.85. The first-order chi connectivity index (χ1) is 16.6. The molecule has 0 amide bonds. The predicted octanol–water partition coefficient (Wildman–Crippen LogP) is 7.40. The summed E-state index contributed by atoms with van der Waals surface area (Å²) in [4.78, 5) is 0. The van der Waals surface area contributed by atoms with Crippen molar-refractivity contribution in [1.29, 1.82) is 0 Å². The minimum atomic E-state index is -3.14. The molecule has 0 atom stereocenters. The monoisotopic (exact) mass is 524 g/mol. The van der Waals surface area contributed by atoms with Crippen molar-refractivity contribution in [2.24, 2.45) is 0 Å². The van der Waals surface area contributed by atoms with Gasteiger partial charge < -0.3 is 0 Å². The second kappa shape index (κ2) is 9.22. The maximum absolute atomic E-state index is 10.7. The number of rotatable bonds is 6. The fraction of sp³-hybridized carbons (Fsp3) is 0.0323. The summed E-state index contributed by atoms with van der Waals surface area (Å²) < 4.78 is 0. The molecular weight excluding hydrogens is 499 g/mol. The molecule has 5 aromatic carbocycles. The Bertz CT molecular complexity index is 1300. The van der Waals surface area contributed by atoms with E-state index in [4.69, 9.17) is 0 Å². The Hall–Kier alpha value is -3.19. The molecule has 0 unspecified atom stereocenters. The molecule has 0 aliphatic carbocycles. The van der Waals surface area contributed by atoms with Crippen molar-refractivity contribution in [3.05, 3.63) is 145 Å². The molecule has 1 N–H and O–H groups in total. The Morgan fingerprint density at radius 2 is 0.853 bits per heavy atom. The van der Waals surface area contributed by atoms with Gasteiger partial charge in [-0.15, -0.1) is 0 Å². The number of aromatic hydroxyl groups is 1. The number of halogens is 1. The second-order valence-electron chi connectivity index (χ2n) is 8.52. The minimum absolute atomic E-state index is 0.295. The van der Waals surface area contributed by atoms with Gasteiger partial charge in [0.15, 0.2) is 0 Å². The number of phenolic OH excluding ortho intramolecular Hbond substituents is 1. The average molecular weight is 525 g/mol. The van der Waals surface area contributed by atoms with Gasteiger partial charge in [0, 0.05) is 0 Å². The first-order valence-electron chi connectivity index (χ1n) is 11.4. The van der Waals surface area contributed by atoms with E-state index in [1.54, 1.807) is 6.07 Å². The molecular formula is C31H26BrOP. The third-order valence-corrected chi connectivity index (χ3v) is 16.1. The van der Waals surface area contributed by atoms with Crippen LogP contribution >= 0.6 is 20.8 Å². The fourth-order valence-electron chi connectivity index (χ4n) is 4.88. The van der Waals surface area contributed by atoms with Crippen LogP contribution in [0.1, 0.15) is 5.56 Å². The van der Waals surface area contributed by atoms with Gasteiger partial charge in [0.1, 0.15) is 0 Å². The number of para-hydroxylation sites is 1. The van der Waals surface area contributed by atoms with Crippen molar-refractivity contribution in [3.8, 4) is 16.9 Å². The number of benzene rings is 5. The predicted molar refractivity (Wildman–Crippen MR) is 151 cm³/mol. The van der Waals surface area contributed by atoms with Gasteiger partial charge in [0.2, 0.25) is 0 Å². The molecule has 168 valence electrons. The van der Waals surface area contributed by atoms with Gasteiger partial charge in [-0.1, -0.05) is 0 Å². The molecule has 3 heteroatoms. The Morgan fingerprint density at radius 3 is 1.32 bits per heavy atom. The van der Waals surface area contributed by atoms with Crippen molar-refractivity contribution < 1.29 is 5.11 Å². The number of hydrogen-bond donors (Lipinski definition) is 1. The van der Waals surface area contributed by atoms with Crippen LogP contribution < -0.4 is 15.9 Å². The zero-order valence-corrected chi connectivity index (χ0v) is 21.2. The van der Waals surface area contributed by atoms with Crippen molar-refractivity contribution in [2.45, 2.75) is 6.16 Å². The summed E-state index contributed by atoms with van der Waals surface area (Å²) in [6.07, 6.45) is 0.772. The summed E-state index contributed by atoms with van der Waals surface area (Å²) in [6, 6.07) is 48.5. The molecule has 0 saturated carbocycles. The van der Waals surface area contributed by atoms with Gasteiger partial charge >= 0.3 is 210 Å². The van der Waals surface area contributed by atoms with Crippen LogP contribution in [0.5, 0.6) is 5.75 Å². The third kappa shape index (κ3) is 3.78. The van der Waals surface area contributed by atoms with Crippen LogP contribution in [0.2, 0.25) is 0 Å². The topological polar surface area (TPSA) is 20.2 Å². The van der Waals surface area contributed by atoms with E-state index in [1.807, 2.05) is 24.3 Å². The molecule has 34 heavy (non-hydrogen) atoms. The summed E-state index contributed by atoms with van der Waals surface area (Å²) in [5.74, 6) is 0.295. The summed E-state index contributed by atoms with van der Waals surface area (Å²) >= 11 is 4.55. The van der Waals surface area contributed by atoms with Gasteiger partial charge in [-0.25, -0.2) is 0 Å². The van der Waals surface area contributed by atoms with Crippen molar-refractivity contribution in [1.82, 2.24) is 0 Å². The van der Waals surface area contributed by atoms with E-state index in [9.17, 15) is 5.11 Å². The maximum atomic E-state index is 10.7. The molecule has 0 aliphatic heterocycles. The average Bonchev–Trinajstić information content (AvgIpc) is 2.91. The van der Waals surface area contributed by atoms with Crippen LogP contribution in [0.4, 0.5) is 0 Å². The molecule has 1 nitrogen and oxygen atoms in total. The quantitative estimate of drug-likeness (QED) is 0.229. The van der Waals surface area contributed by atoms with Gasteiger partial charge in [0.25, 0.3) is 0 Å². The van der Waals surface area contributed by atoms with Crippen LogP contribution in [0.15, 0.2) is 140 Å². The van der Waals surface area contributed by atoms with Gasteiger partial charge in [-0.05, 0) is 0 Å². The van der Waals surface area contributed by atoms with E-state index < -0.39 is 5.31 Å². The number of phenols is 1. The molecule has 0 heterocycles. The van der Waals surface area contributed by atoms with Crippen LogP contribution in [0.25, 0.3) is 11.1 Å². The van der Waals surface area contributed by atoms with E-state index in [2.05, 4.69) is 125 Å². The summed E-state index contributed by atoms with van der Waals surface area (Å²) in [5.41, 5.74) is 3.09. The normalized spacial score (nSPS) is 12.6.